The Hall–Kier alpha value is -2.95. The number of nitrogens with one attached hydrogen (secondary N) is 1. The summed E-state index contributed by atoms with van der Waals surface area (Å²) in [6.45, 7) is 0.341. The molecule has 5 heteroatoms. The van der Waals surface area contributed by atoms with E-state index in [4.69, 9.17) is 0 Å². The van der Waals surface area contributed by atoms with Crippen LogP contribution in [0, 0.1) is 0 Å². The molecule has 4 rings (SSSR count). The molecule has 0 spiro atoms. The Morgan fingerprint density at radius 3 is 2.24 bits per heavy atom. The van der Waals surface area contributed by atoms with Gasteiger partial charge in [-0.2, -0.15) is 5.10 Å². The van der Waals surface area contributed by atoms with Gasteiger partial charge in [-0.1, -0.05) is 80.6 Å². The lowest BCUT2D eigenvalue weighted by Crippen LogP contribution is -2.37. The van der Waals surface area contributed by atoms with Gasteiger partial charge in [-0.3, -0.25) is 9.59 Å². The van der Waals surface area contributed by atoms with Gasteiger partial charge in [-0.05, 0) is 24.5 Å². The van der Waals surface area contributed by atoms with E-state index in [2.05, 4.69) is 10.4 Å². The molecule has 0 bridgehead atoms. The molecule has 1 amide bonds. The number of amides is 1. The second-order valence-corrected chi connectivity index (χ2v) is 7.86. The molecule has 1 aromatic heterocycles. The lowest BCUT2D eigenvalue weighted by molar-refractivity contribution is 0.0925. The average molecular weight is 389 g/mol. The summed E-state index contributed by atoms with van der Waals surface area (Å²) >= 11 is 0. The van der Waals surface area contributed by atoms with Gasteiger partial charge in [0.05, 0.1) is 11.9 Å². The topological polar surface area (TPSA) is 64.0 Å². The Kier molecular flexibility index (Phi) is 6.03. The van der Waals surface area contributed by atoms with Crippen LogP contribution in [0.4, 0.5) is 0 Å². The fraction of sp³-hybridized carbons (Fsp3) is 0.375. The molecule has 1 saturated carbocycles. The van der Waals surface area contributed by atoms with Crippen molar-refractivity contribution in [2.24, 2.45) is 0 Å². The summed E-state index contributed by atoms with van der Waals surface area (Å²) in [5, 5.41) is 8.83. The van der Waals surface area contributed by atoms with Crippen LogP contribution in [-0.2, 0) is 6.54 Å². The largest absolute Gasteiger partial charge is 0.348 e. The van der Waals surface area contributed by atoms with Gasteiger partial charge in [0.2, 0.25) is 0 Å². The second kappa shape index (κ2) is 9.03. The van der Waals surface area contributed by atoms with Crippen molar-refractivity contribution < 1.29 is 4.79 Å². The van der Waals surface area contributed by atoms with E-state index in [9.17, 15) is 9.59 Å². The lowest BCUT2D eigenvalue weighted by atomic mass is 9.96. The summed E-state index contributed by atoms with van der Waals surface area (Å²) in [4.78, 5) is 26.1. The summed E-state index contributed by atoms with van der Waals surface area (Å²) in [5.41, 5.74) is 1.13. The van der Waals surface area contributed by atoms with Crippen molar-refractivity contribution in [2.45, 2.75) is 57.5 Å². The molecule has 0 radical (unpaired) electrons. The maximum Gasteiger partial charge on any atom is 0.274 e. The van der Waals surface area contributed by atoms with E-state index in [0.717, 1.165) is 31.2 Å². The highest BCUT2D eigenvalue weighted by Gasteiger charge is 2.20. The van der Waals surface area contributed by atoms with E-state index >= 15 is 0 Å². The molecule has 2 aromatic carbocycles. The molecule has 1 aliphatic carbocycles. The molecule has 1 N–H and O–H groups in total. The van der Waals surface area contributed by atoms with Crippen LogP contribution in [-0.4, -0.2) is 21.7 Å². The van der Waals surface area contributed by atoms with Crippen molar-refractivity contribution in [1.82, 2.24) is 15.1 Å². The van der Waals surface area contributed by atoms with Crippen LogP contribution in [0.5, 0.6) is 0 Å². The molecule has 1 heterocycles. The van der Waals surface area contributed by atoms with Gasteiger partial charge in [0.25, 0.3) is 11.5 Å². The van der Waals surface area contributed by atoms with Crippen molar-refractivity contribution in [3.05, 3.63) is 76.2 Å². The quantitative estimate of drug-likeness (QED) is 0.724. The first-order chi connectivity index (χ1) is 14.2. The van der Waals surface area contributed by atoms with E-state index in [1.165, 1.54) is 23.9 Å². The zero-order valence-corrected chi connectivity index (χ0v) is 16.6. The van der Waals surface area contributed by atoms with Crippen LogP contribution in [0.3, 0.4) is 0 Å². The molecule has 1 aliphatic rings. The van der Waals surface area contributed by atoms with E-state index in [1.54, 1.807) is 6.07 Å². The van der Waals surface area contributed by atoms with Crippen molar-refractivity contribution in [1.29, 1.82) is 0 Å². The van der Waals surface area contributed by atoms with Crippen molar-refractivity contribution in [3.8, 4) is 0 Å². The summed E-state index contributed by atoms with van der Waals surface area (Å²) in [7, 11) is 0. The van der Waals surface area contributed by atoms with Crippen molar-refractivity contribution >= 4 is 16.7 Å². The lowest BCUT2D eigenvalue weighted by Gasteiger charge is -2.21. The first kappa shape index (κ1) is 19.4. The Labute approximate surface area is 170 Å². The molecule has 1 fully saturated rings. The third kappa shape index (κ3) is 4.56. The zero-order chi connectivity index (χ0) is 20.1. The van der Waals surface area contributed by atoms with Gasteiger partial charge >= 0.3 is 0 Å². The monoisotopic (exact) mass is 389 g/mol. The molecule has 0 saturated heterocycles. The van der Waals surface area contributed by atoms with Crippen molar-refractivity contribution in [2.75, 3.05) is 0 Å². The Morgan fingerprint density at radius 2 is 1.52 bits per heavy atom. The van der Waals surface area contributed by atoms with Crippen molar-refractivity contribution in [3.63, 3.8) is 0 Å². The third-order valence-electron chi connectivity index (χ3n) is 5.70. The fourth-order valence-electron chi connectivity index (χ4n) is 4.12. The molecular weight excluding hydrogens is 362 g/mol. The number of carbonyl (C=O) groups is 1. The highest BCUT2D eigenvalue weighted by atomic mass is 16.2. The maximum atomic E-state index is 13.2. The van der Waals surface area contributed by atoms with E-state index in [-0.39, 0.29) is 17.5 Å². The van der Waals surface area contributed by atoms with Crippen LogP contribution in [0.15, 0.2) is 59.4 Å². The molecule has 3 aromatic rings. The maximum absolute atomic E-state index is 13.2. The highest BCUT2D eigenvalue weighted by Crippen LogP contribution is 2.19. The number of aromatic nitrogens is 2. The van der Waals surface area contributed by atoms with Crippen LogP contribution in [0.2, 0.25) is 0 Å². The zero-order valence-electron chi connectivity index (χ0n) is 16.6. The van der Waals surface area contributed by atoms with Crippen LogP contribution < -0.4 is 10.9 Å². The fourth-order valence-corrected chi connectivity index (χ4v) is 4.12. The minimum absolute atomic E-state index is 0.174. The molecule has 0 aliphatic heterocycles. The predicted molar refractivity (Wildman–Crippen MR) is 115 cm³/mol. The molecule has 5 nitrogen and oxygen atoms in total. The van der Waals surface area contributed by atoms with Gasteiger partial charge in [-0.15, -0.1) is 0 Å². The number of nitrogens with zero attached hydrogens (tertiary/aromatic N) is 2. The minimum Gasteiger partial charge on any atom is -0.348 e. The molecule has 150 valence electrons. The van der Waals surface area contributed by atoms with Crippen LogP contribution in [0.25, 0.3) is 10.8 Å². The van der Waals surface area contributed by atoms with Gasteiger partial charge in [0, 0.05) is 11.4 Å². The average Bonchev–Trinajstić information content (AvgIpc) is 2.73. The first-order valence-electron chi connectivity index (χ1n) is 10.6. The van der Waals surface area contributed by atoms with Crippen LogP contribution >= 0.6 is 0 Å². The Balaban J connectivity index is 1.67. The molecule has 0 atom stereocenters. The summed E-state index contributed by atoms with van der Waals surface area (Å²) < 4.78 is 1.41. The Morgan fingerprint density at radius 1 is 0.897 bits per heavy atom. The van der Waals surface area contributed by atoms with Gasteiger partial charge in [0.15, 0.2) is 5.69 Å². The minimum atomic E-state index is -0.186. The molecule has 29 heavy (non-hydrogen) atoms. The third-order valence-corrected chi connectivity index (χ3v) is 5.70. The van der Waals surface area contributed by atoms with Gasteiger partial charge in [-0.25, -0.2) is 4.68 Å². The normalized spacial score (nSPS) is 15.6. The van der Waals surface area contributed by atoms with Gasteiger partial charge in [0.1, 0.15) is 0 Å². The highest BCUT2D eigenvalue weighted by molar-refractivity contribution is 6.04. The summed E-state index contributed by atoms with van der Waals surface area (Å²) in [6.07, 6.45) is 8.06. The standard InChI is InChI=1S/C24H27N3O2/c28-23(25-19-13-7-2-1-3-8-14-19)22-20-15-9-10-16-21(20)24(29)27(26-22)17-18-11-5-4-6-12-18/h4-6,9-12,15-16,19H,1-3,7-8,13-14,17H2,(H,25,28). The molecule has 0 unspecified atom stereocenters. The number of benzene rings is 2. The van der Waals surface area contributed by atoms with E-state index < -0.39 is 0 Å². The Bertz CT molecular complexity index is 1030. The van der Waals surface area contributed by atoms with E-state index in [1.807, 2.05) is 48.5 Å². The number of hydrogen-bond acceptors (Lipinski definition) is 3. The number of carbonyl (C=O) groups excluding carboxylic acids is 1. The second-order valence-electron chi connectivity index (χ2n) is 7.86. The number of fused-ring (bicyclic) bond motifs is 1. The smallest absolute Gasteiger partial charge is 0.274 e. The SMILES string of the molecule is O=C(NC1CCCCCCC1)c1nn(Cc2ccccc2)c(=O)c2ccccc12. The predicted octanol–water partition coefficient (Wildman–Crippen LogP) is 4.29. The first-order valence-corrected chi connectivity index (χ1v) is 10.6. The van der Waals surface area contributed by atoms with Gasteiger partial charge < -0.3 is 5.32 Å². The summed E-state index contributed by atoms with van der Waals surface area (Å²) in [6, 6.07) is 17.1. The van der Waals surface area contributed by atoms with E-state index in [0.29, 0.717) is 23.0 Å². The number of rotatable bonds is 4. The molecular formula is C24H27N3O2. The van der Waals surface area contributed by atoms with Crippen LogP contribution in [0.1, 0.15) is 61.0 Å². The summed E-state index contributed by atoms with van der Waals surface area (Å²) in [5.74, 6) is -0.186. The number of hydrogen-bond donors (Lipinski definition) is 1.